The first-order valence-electron chi connectivity index (χ1n) is 41.7. The second-order valence-corrected chi connectivity index (χ2v) is 35.1. The number of hydrogen-bond acceptors (Lipinski definition) is 27. The smallest absolute Gasteiger partial charge is 0.415 e. The van der Waals surface area contributed by atoms with Gasteiger partial charge in [0.1, 0.15) is 91.0 Å². The zero-order valence-electron chi connectivity index (χ0n) is 73.8. The predicted octanol–water partition coefficient (Wildman–Crippen LogP) is 1.40. The highest BCUT2D eigenvalue weighted by molar-refractivity contribution is 8.16. The first-order valence-corrected chi connectivity index (χ1v) is 44.0. The van der Waals surface area contributed by atoms with Crippen LogP contribution in [0.25, 0.3) is 21.8 Å². The number of nitrogens with two attached hydrogens (primary N) is 2. The quantitative estimate of drug-likeness (QED) is 0.0201. The summed E-state index contributed by atoms with van der Waals surface area (Å²) < 4.78 is 22.2. The molecule has 128 heavy (non-hydrogen) atoms. The van der Waals surface area contributed by atoms with Gasteiger partial charge in [-0.15, -0.1) is 23.5 Å². The Balaban J connectivity index is 0.898. The van der Waals surface area contributed by atoms with Crippen molar-refractivity contribution in [2.24, 2.45) is 29.2 Å². The van der Waals surface area contributed by atoms with Crippen LogP contribution in [0.2, 0.25) is 0 Å². The second-order valence-electron chi connectivity index (χ2n) is 32.7. The molecule has 2 saturated carbocycles. The molecule has 4 aliphatic rings. The summed E-state index contributed by atoms with van der Waals surface area (Å²) in [6, 6.07) is 7.78. The fraction of sp³-hybridized carbons (Fsp3) is 0.518. The highest BCUT2D eigenvalue weighted by atomic mass is 32.2. The van der Waals surface area contributed by atoms with E-state index in [1.54, 1.807) is 94.6 Å². The molecular formula is C85H113N19O22S2. The fourth-order valence-corrected chi connectivity index (χ4v) is 17.6. The van der Waals surface area contributed by atoms with E-state index in [0.29, 0.717) is 41.2 Å². The monoisotopic (exact) mass is 1820 g/mol. The summed E-state index contributed by atoms with van der Waals surface area (Å²) in [5.41, 5.74) is 7.54. The summed E-state index contributed by atoms with van der Waals surface area (Å²) in [5.74, 6) is -15.5. The average Bonchev–Trinajstić information content (AvgIpc) is 1.57. The van der Waals surface area contributed by atoms with Crippen molar-refractivity contribution in [1.82, 2.24) is 81.9 Å². The zero-order valence-corrected chi connectivity index (χ0v) is 75.4. The fourth-order valence-electron chi connectivity index (χ4n) is 15.0. The standard InChI is InChI=1S/C85H113N19O22S2/c1-44(2)63(98-68(108)56(91-49(7)105)26-19-20-32-86)71(111)95-57(27-21-33-88-81(87)120)67(107)92-53-30-28-50(29-31-53)40-125-82(121)99(8)34-35-100(9)83(122)126-62-37-52-23-16-18-25-55(52)94-65(62)73(113)97-59-42-123-79(118)84(38-45(84)3)103(12)76(116)60-43-128-78(127-14)66(102(11)75(115)48(6)90-70(59)110)77(117)104(13)85(39-46(85)4)80(119)124-41-58(69(109)89-47(5)74(114)101(60)10)96-72(112)64-61(106)36-51-22-15-17-24-54(51)93-64/h15-18,22-25,28-31,36-37,44-48,56-60,63,66,78,106H,19-21,26-27,32-35,38-43,86H2,1-14H3,(H,89,109)(H,90,110)(H,91,105)(H,92,107)(H,95,111)(H,96,112)(H,97,113)(H,98,108)(H3,87,88,120)/t45-,46-,47-,48-,56+,57-,58+,59+,60-,63-,66+,78-,84-,85-/m0/s1. The lowest BCUT2D eigenvalue weighted by Crippen LogP contribution is -2.61. The molecule has 2 aliphatic carbocycles. The van der Waals surface area contributed by atoms with Crippen LogP contribution in [0.1, 0.15) is 120 Å². The maximum Gasteiger partial charge on any atom is 0.415 e. The third-order valence-electron chi connectivity index (χ3n) is 23.1. The number of fused-ring (bicyclic) bond motifs is 6. The minimum Gasteiger partial charge on any atom is -0.505 e. The van der Waals surface area contributed by atoms with Crippen molar-refractivity contribution in [3.8, 4) is 11.5 Å². The first-order chi connectivity index (χ1) is 60.6. The summed E-state index contributed by atoms with van der Waals surface area (Å²) in [4.78, 5) is 257. The molecule has 4 heterocycles. The highest BCUT2D eigenvalue weighted by Crippen LogP contribution is 2.51. The van der Waals surface area contributed by atoms with E-state index in [4.69, 9.17) is 30.4 Å². The molecule has 2 spiro atoms. The molecule has 0 radical (unpaired) electrons. The number of urea groups is 1. The molecule has 2 aliphatic heterocycles. The van der Waals surface area contributed by atoms with Crippen molar-refractivity contribution >= 4 is 152 Å². The molecule has 2 aromatic heterocycles. The number of pyridine rings is 2. The lowest BCUT2D eigenvalue weighted by atomic mass is 10.0. The molecule has 2 bridgehead atoms. The number of hydrogen-bond donors (Lipinski definition) is 12. The van der Waals surface area contributed by atoms with E-state index in [1.165, 1.54) is 92.2 Å². The Hall–Kier alpha value is -12.7. The average molecular weight is 1820 g/mol. The molecule has 0 unspecified atom stereocenters. The number of aromatic hydroxyl groups is 1. The third kappa shape index (κ3) is 24.0. The summed E-state index contributed by atoms with van der Waals surface area (Å²) >= 11 is 2.05. The molecule has 14 N–H and O–H groups in total. The number of carbonyl (C=O) groups is 17. The van der Waals surface area contributed by atoms with Gasteiger partial charge in [-0.3, -0.25) is 57.5 Å². The molecule has 2 saturated heterocycles. The van der Waals surface area contributed by atoms with Crippen molar-refractivity contribution in [3.05, 3.63) is 102 Å². The summed E-state index contributed by atoms with van der Waals surface area (Å²) in [6.07, 6.45) is 1.33. The van der Waals surface area contributed by atoms with Crippen LogP contribution in [-0.2, 0) is 78.4 Å². The van der Waals surface area contributed by atoms with E-state index in [1.807, 2.05) is 0 Å². The van der Waals surface area contributed by atoms with Gasteiger partial charge in [0.15, 0.2) is 17.1 Å². The molecule has 16 amide bonds. The number of nitrogens with zero attached hydrogens (tertiary/aromatic N) is 8. The van der Waals surface area contributed by atoms with Gasteiger partial charge in [0, 0.05) is 91.1 Å². The van der Waals surface area contributed by atoms with Crippen molar-refractivity contribution < 1.29 is 106 Å². The normalized spacial score (nSPS) is 23.3. The Morgan fingerprint density at radius 3 is 1.69 bits per heavy atom. The van der Waals surface area contributed by atoms with Crippen LogP contribution in [0.15, 0.2) is 84.9 Å². The van der Waals surface area contributed by atoms with Gasteiger partial charge < -0.3 is 113 Å². The number of carbonyl (C=O) groups excluding carboxylic acids is 17. The van der Waals surface area contributed by atoms with Gasteiger partial charge >= 0.3 is 30.2 Å². The number of anilines is 1. The number of rotatable bonds is 27. The van der Waals surface area contributed by atoms with Crippen LogP contribution in [0.4, 0.5) is 20.1 Å². The largest absolute Gasteiger partial charge is 0.505 e. The number of unbranched alkanes of at least 4 members (excludes halogenated alkanes) is 1. The van der Waals surface area contributed by atoms with Crippen LogP contribution in [0.3, 0.4) is 0 Å². The number of ether oxygens (including phenoxy) is 4. The number of para-hydroxylation sites is 2. The Morgan fingerprint density at radius 2 is 1.16 bits per heavy atom. The predicted molar refractivity (Wildman–Crippen MR) is 469 cm³/mol. The summed E-state index contributed by atoms with van der Waals surface area (Å²) in [6.45, 7) is 8.50. The minimum absolute atomic E-state index is 0.00772. The number of esters is 2. The number of aromatic nitrogens is 2. The van der Waals surface area contributed by atoms with Gasteiger partial charge in [0.2, 0.25) is 59.1 Å². The Labute approximate surface area is 747 Å². The Morgan fingerprint density at radius 1 is 0.648 bits per heavy atom. The maximum atomic E-state index is 15.7. The van der Waals surface area contributed by atoms with E-state index in [9.17, 15) is 62.6 Å². The first kappa shape index (κ1) is 99.1. The van der Waals surface area contributed by atoms with Crippen LogP contribution in [-0.4, -0.2) is 309 Å². The Kier molecular flexibility index (Phi) is 33.8. The van der Waals surface area contributed by atoms with Crippen LogP contribution in [0, 0.1) is 17.8 Å². The number of nitrogens with one attached hydrogen (secondary N) is 9. The van der Waals surface area contributed by atoms with Crippen LogP contribution in [0.5, 0.6) is 11.5 Å². The topological polar surface area (TPSA) is 553 Å². The molecule has 5 aromatic rings. The molecule has 3 aromatic carbocycles. The van der Waals surface area contributed by atoms with Gasteiger partial charge in [0.25, 0.3) is 11.8 Å². The number of benzene rings is 3. The van der Waals surface area contributed by atoms with E-state index in [0.717, 1.165) is 48.0 Å². The molecule has 692 valence electrons. The molecule has 9 rings (SSSR count). The lowest BCUT2D eigenvalue weighted by molar-refractivity contribution is -0.161. The second kappa shape index (κ2) is 43.7. The zero-order chi connectivity index (χ0) is 94.1. The van der Waals surface area contributed by atoms with Gasteiger partial charge in [-0.1, -0.05) is 76.2 Å². The number of cyclic esters (lactones) is 2. The van der Waals surface area contributed by atoms with Gasteiger partial charge in [-0.05, 0) is 131 Å². The number of likely N-dealkylation sites (N-methyl/N-ethyl adjacent to an activating group) is 6. The van der Waals surface area contributed by atoms with E-state index < -0.39 is 225 Å². The third-order valence-corrected chi connectivity index (χ3v) is 25.9. The van der Waals surface area contributed by atoms with E-state index in [-0.39, 0.29) is 75.3 Å². The molecule has 4 fully saturated rings. The molecule has 43 heteroatoms. The molecule has 14 atom stereocenters. The van der Waals surface area contributed by atoms with Gasteiger partial charge in [-0.25, -0.2) is 33.9 Å². The maximum absolute atomic E-state index is 15.7. The van der Waals surface area contributed by atoms with Gasteiger partial charge in [-0.2, -0.15) is 0 Å². The summed E-state index contributed by atoms with van der Waals surface area (Å²) in [7, 11) is 7.92. The number of amides is 16. The van der Waals surface area contributed by atoms with Crippen molar-refractivity contribution in [3.63, 3.8) is 0 Å². The number of primary amides is 1. The van der Waals surface area contributed by atoms with E-state index >= 15 is 24.0 Å². The van der Waals surface area contributed by atoms with Crippen LogP contribution >= 0.6 is 23.5 Å². The SMILES string of the molecule is CS[C@H]1SC[C@H]2C(=O)N(C)[C@]3(C[C@@H]3C)C(=O)OC[C@@H](NC(=O)c3nc4ccccc4cc3OC(=O)N(C)CCN(C)C(=O)OCc3ccc(NC(=O)[C@H](CCCNC(N)=O)NC(=O)[C@@H](NC(=O)[C@@H](CCCCN)NC(C)=O)C(C)C)cc3)C(=O)N[C@@H](C)C(=O)N(C)[C@@H]1C(=O)N(C)[C@]1(C[C@@H]1C)C(=O)OC[C@@H](NC(=O)c1nc3ccccc3cc1O)C(=O)N[C@@H](C)C(=O)N2C. The van der Waals surface area contributed by atoms with Crippen LogP contribution < -0.4 is 64.1 Å². The highest BCUT2D eigenvalue weighted by Gasteiger charge is 2.66. The number of thioether (sulfide) groups is 2. The van der Waals surface area contributed by atoms with Crippen molar-refractivity contribution in [2.75, 3.05) is 99.0 Å². The van der Waals surface area contributed by atoms with Crippen molar-refractivity contribution in [1.29, 1.82) is 0 Å². The minimum atomic E-state index is -1.93. The Bertz CT molecular complexity index is 5050. The molecule has 41 nitrogen and oxygen atoms in total. The lowest BCUT2D eigenvalue weighted by Gasteiger charge is -2.39. The van der Waals surface area contributed by atoms with Gasteiger partial charge in [0.05, 0.1) is 15.6 Å². The van der Waals surface area contributed by atoms with Crippen molar-refractivity contribution in [2.45, 2.75) is 170 Å². The summed E-state index contributed by atoms with van der Waals surface area (Å²) in [5, 5.41) is 35.2. The molecular weight excluding hydrogens is 1700 g/mol. The van der Waals surface area contributed by atoms with E-state index in [2.05, 4.69) is 57.8 Å².